The van der Waals surface area contributed by atoms with Crippen LogP contribution < -0.4 is 11.1 Å². The Hall–Kier alpha value is -1.52. The van der Waals surface area contributed by atoms with E-state index < -0.39 is 6.03 Å². The molecule has 1 aromatic heterocycles. The number of aromatic nitrogens is 2. The van der Waals surface area contributed by atoms with E-state index in [0.717, 1.165) is 12.0 Å². The number of hydrogen-bond donors (Lipinski definition) is 3. The van der Waals surface area contributed by atoms with Gasteiger partial charge in [0.25, 0.3) is 0 Å². The van der Waals surface area contributed by atoms with Crippen LogP contribution in [-0.2, 0) is 6.42 Å². The summed E-state index contributed by atoms with van der Waals surface area (Å²) in [6.45, 7) is 1.97. The van der Waals surface area contributed by atoms with E-state index in [0.29, 0.717) is 5.82 Å². The molecule has 5 nitrogen and oxygen atoms in total. The first kappa shape index (κ1) is 7.59. The molecule has 2 amide bonds. The van der Waals surface area contributed by atoms with Gasteiger partial charge in [-0.05, 0) is 6.42 Å². The second-order valence-corrected chi connectivity index (χ2v) is 2.11. The fourth-order valence-electron chi connectivity index (χ4n) is 0.811. The predicted octanol–water partition coefficient (Wildman–Crippen LogP) is 0.463. The number of anilines is 1. The van der Waals surface area contributed by atoms with Crippen molar-refractivity contribution in [3.63, 3.8) is 0 Å². The van der Waals surface area contributed by atoms with Crippen molar-refractivity contribution in [2.45, 2.75) is 13.3 Å². The molecule has 0 aromatic carbocycles. The zero-order valence-corrected chi connectivity index (χ0v) is 6.22. The number of rotatable bonds is 2. The molecule has 0 saturated carbocycles. The van der Waals surface area contributed by atoms with E-state index in [4.69, 9.17) is 5.73 Å². The highest BCUT2D eigenvalue weighted by molar-refractivity contribution is 5.87. The van der Waals surface area contributed by atoms with Crippen LogP contribution in [0.4, 0.5) is 10.6 Å². The molecule has 0 atom stereocenters. The number of urea groups is 1. The molecule has 5 heteroatoms. The van der Waals surface area contributed by atoms with E-state index >= 15 is 0 Å². The molecule has 4 N–H and O–H groups in total. The van der Waals surface area contributed by atoms with Crippen LogP contribution in [0.25, 0.3) is 0 Å². The van der Waals surface area contributed by atoms with Crippen molar-refractivity contribution in [3.05, 3.63) is 11.8 Å². The topological polar surface area (TPSA) is 83.8 Å². The van der Waals surface area contributed by atoms with Crippen molar-refractivity contribution in [2.75, 3.05) is 5.32 Å². The van der Waals surface area contributed by atoms with Gasteiger partial charge >= 0.3 is 6.03 Å². The lowest BCUT2D eigenvalue weighted by molar-refractivity contribution is 0.259. The van der Waals surface area contributed by atoms with E-state index in [-0.39, 0.29) is 0 Å². The van der Waals surface area contributed by atoms with Crippen molar-refractivity contribution in [3.8, 4) is 0 Å². The molecule has 0 spiro atoms. The summed E-state index contributed by atoms with van der Waals surface area (Å²) >= 11 is 0. The van der Waals surface area contributed by atoms with Crippen LogP contribution in [-0.4, -0.2) is 16.2 Å². The highest BCUT2D eigenvalue weighted by atomic mass is 16.2. The molecule has 60 valence electrons. The van der Waals surface area contributed by atoms with Crippen LogP contribution in [0.15, 0.2) is 6.20 Å². The zero-order chi connectivity index (χ0) is 8.27. The van der Waals surface area contributed by atoms with E-state index in [9.17, 15) is 4.79 Å². The number of primary amides is 1. The van der Waals surface area contributed by atoms with Gasteiger partial charge in [0.2, 0.25) is 0 Å². The van der Waals surface area contributed by atoms with Crippen LogP contribution in [0.5, 0.6) is 0 Å². The summed E-state index contributed by atoms with van der Waals surface area (Å²) in [4.78, 5) is 10.4. The van der Waals surface area contributed by atoms with Crippen molar-refractivity contribution < 1.29 is 4.79 Å². The van der Waals surface area contributed by atoms with Crippen LogP contribution in [0, 0.1) is 0 Å². The van der Waals surface area contributed by atoms with Gasteiger partial charge in [0.15, 0.2) is 0 Å². The number of H-pyrrole nitrogens is 1. The number of nitrogens with zero attached hydrogens (tertiary/aromatic N) is 1. The largest absolute Gasteiger partial charge is 0.351 e. The fourth-order valence-corrected chi connectivity index (χ4v) is 0.811. The normalized spacial score (nSPS) is 9.55. The summed E-state index contributed by atoms with van der Waals surface area (Å²) < 4.78 is 0. The minimum Gasteiger partial charge on any atom is -0.351 e. The Labute approximate surface area is 64.0 Å². The number of aromatic amines is 1. The highest BCUT2D eigenvalue weighted by Crippen LogP contribution is 2.09. The molecule has 0 fully saturated rings. The van der Waals surface area contributed by atoms with Crippen LogP contribution >= 0.6 is 0 Å². The Morgan fingerprint density at radius 3 is 3.18 bits per heavy atom. The van der Waals surface area contributed by atoms with Crippen LogP contribution in [0.2, 0.25) is 0 Å². The number of carbonyl (C=O) groups is 1. The van der Waals surface area contributed by atoms with Gasteiger partial charge in [0, 0.05) is 5.56 Å². The minimum atomic E-state index is -0.580. The zero-order valence-electron chi connectivity index (χ0n) is 6.22. The van der Waals surface area contributed by atoms with Crippen LogP contribution in [0.1, 0.15) is 12.5 Å². The molecular formula is C6H10N4O. The first-order chi connectivity index (χ1) is 5.24. The number of nitrogens with two attached hydrogens (primary N) is 1. The number of hydrogen-bond acceptors (Lipinski definition) is 2. The monoisotopic (exact) mass is 154 g/mol. The van der Waals surface area contributed by atoms with E-state index in [1.807, 2.05) is 6.92 Å². The molecule has 0 saturated heterocycles. The van der Waals surface area contributed by atoms with Crippen molar-refractivity contribution in [1.29, 1.82) is 0 Å². The van der Waals surface area contributed by atoms with Gasteiger partial charge in [-0.3, -0.25) is 10.4 Å². The lowest BCUT2D eigenvalue weighted by Gasteiger charge is -1.98. The van der Waals surface area contributed by atoms with Crippen molar-refractivity contribution >= 4 is 11.8 Å². The Balaban J connectivity index is 2.76. The van der Waals surface area contributed by atoms with Crippen LogP contribution in [0.3, 0.4) is 0 Å². The summed E-state index contributed by atoms with van der Waals surface area (Å²) in [6, 6.07) is -0.580. The maximum absolute atomic E-state index is 10.4. The summed E-state index contributed by atoms with van der Waals surface area (Å²) in [5.41, 5.74) is 5.86. The quantitative estimate of drug-likeness (QED) is 0.578. The van der Waals surface area contributed by atoms with Gasteiger partial charge in [-0.2, -0.15) is 5.10 Å². The lowest BCUT2D eigenvalue weighted by Crippen LogP contribution is -2.20. The molecule has 11 heavy (non-hydrogen) atoms. The first-order valence-electron chi connectivity index (χ1n) is 3.32. The van der Waals surface area contributed by atoms with E-state index in [1.165, 1.54) is 0 Å². The SMILES string of the molecule is CCc1cn[nH]c1NC(N)=O. The molecule has 1 rings (SSSR count). The van der Waals surface area contributed by atoms with E-state index in [2.05, 4.69) is 15.5 Å². The fraction of sp³-hybridized carbons (Fsp3) is 0.333. The first-order valence-corrected chi connectivity index (χ1v) is 3.32. The second kappa shape index (κ2) is 3.05. The molecule has 0 aliphatic carbocycles. The van der Waals surface area contributed by atoms with E-state index in [1.54, 1.807) is 6.20 Å². The maximum Gasteiger partial charge on any atom is 0.317 e. The Kier molecular flexibility index (Phi) is 2.10. The molecular weight excluding hydrogens is 144 g/mol. The Bertz CT molecular complexity index is 255. The molecule has 1 aromatic rings. The Morgan fingerprint density at radius 2 is 2.64 bits per heavy atom. The van der Waals surface area contributed by atoms with Crippen molar-refractivity contribution in [2.24, 2.45) is 5.73 Å². The highest BCUT2D eigenvalue weighted by Gasteiger charge is 2.03. The summed E-state index contributed by atoms with van der Waals surface area (Å²) in [7, 11) is 0. The second-order valence-electron chi connectivity index (χ2n) is 2.11. The molecule has 0 bridgehead atoms. The Morgan fingerprint density at radius 1 is 1.91 bits per heavy atom. The van der Waals surface area contributed by atoms with Gasteiger partial charge in [-0.25, -0.2) is 4.79 Å². The lowest BCUT2D eigenvalue weighted by atomic mass is 10.2. The maximum atomic E-state index is 10.4. The smallest absolute Gasteiger partial charge is 0.317 e. The average Bonchev–Trinajstić information content (AvgIpc) is 2.34. The summed E-state index contributed by atoms with van der Waals surface area (Å²) in [5.74, 6) is 0.583. The van der Waals surface area contributed by atoms with Gasteiger partial charge in [-0.15, -0.1) is 0 Å². The molecule has 0 unspecified atom stereocenters. The van der Waals surface area contributed by atoms with Gasteiger partial charge < -0.3 is 5.73 Å². The molecule has 0 aliphatic heterocycles. The predicted molar refractivity (Wildman–Crippen MR) is 41.2 cm³/mol. The minimum absolute atomic E-state index is 0.580. The van der Waals surface area contributed by atoms with Gasteiger partial charge in [0.1, 0.15) is 5.82 Å². The number of carbonyl (C=O) groups excluding carboxylic acids is 1. The number of amides is 2. The third-order valence-electron chi connectivity index (χ3n) is 1.35. The van der Waals surface area contributed by atoms with Gasteiger partial charge in [-0.1, -0.05) is 6.92 Å². The number of nitrogens with one attached hydrogen (secondary N) is 2. The molecule has 0 radical (unpaired) electrons. The standard InChI is InChI=1S/C6H10N4O/c1-2-4-3-8-10-5(4)9-6(7)11/h3H,2H2,1H3,(H4,7,8,9,10,11). The number of aryl methyl sites for hydroxylation is 1. The average molecular weight is 154 g/mol. The summed E-state index contributed by atoms with van der Waals surface area (Å²) in [5, 5.41) is 8.80. The third kappa shape index (κ3) is 1.70. The molecule has 0 aliphatic rings. The third-order valence-corrected chi connectivity index (χ3v) is 1.35. The summed E-state index contributed by atoms with van der Waals surface area (Å²) in [6.07, 6.45) is 2.47. The van der Waals surface area contributed by atoms with Gasteiger partial charge in [0.05, 0.1) is 6.20 Å². The van der Waals surface area contributed by atoms with Crippen molar-refractivity contribution in [1.82, 2.24) is 10.2 Å². The molecule has 1 heterocycles.